The normalized spacial score (nSPS) is 22.3. The van der Waals surface area contributed by atoms with Crippen LogP contribution in [0.15, 0.2) is 0 Å². The molecule has 1 fully saturated rings. The van der Waals surface area contributed by atoms with Gasteiger partial charge in [0.15, 0.2) is 0 Å². The molecular formula is C14H31N3S. The Morgan fingerprint density at radius 2 is 1.94 bits per heavy atom. The maximum absolute atomic E-state index is 3.74. The van der Waals surface area contributed by atoms with Crippen LogP contribution in [0.2, 0.25) is 0 Å². The molecule has 0 amide bonds. The molecule has 0 radical (unpaired) electrons. The van der Waals surface area contributed by atoms with Crippen LogP contribution in [0.1, 0.15) is 26.7 Å². The van der Waals surface area contributed by atoms with Gasteiger partial charge in [-0.3, -0.25) is 0 Å². The van der Waals surface area contributed by atoms with Crippen molar-refractivity contribution in [2.24, 2.45) is 0 Å². The summed E-state index contributed by atoms with van der Waals surface area (Å²) >= 11 is 2.03. The average Bonchev–Trinajstić information content (AvgIpc) is 2.35. The zero-order valence-electron chi connectivity index (χ0n) is 12.8. The highest BCUT2D eigenvalue weighted by molar-refractivity contribution is 7.99. The molecule has 1 aliphatic rings. The van der Waals surface area contributed by atoms with E-state index in [2.05, 4.69) is 50.1 Å². The monoisotopic (exact) mass is 273 g/mol. The molecule has 4 heteroatoms. The van der Waals surface area contributed by atoms with Crippen LogP contribution in [-0.4, -0.2) is 73.7 Å². The van der Waals surface area contributed by atoms with Gasteiger partial charge in [0.05, 0.1) is 0 Å². The second-order valence-electron chi connectivity index (χ2n) is 5.86. The molecule has 3 nitrogen and oxygen atoms in total. The number of hydrogen-bond acceptors (Lipinski definition) is 4. The Hall–Kier alpha value is 0.230. The van der Waals surface area contributed by atoms with Gasteiger partial charge in [-0.2, -0.15) is 11.8 Å². The molecule has 0 aromatic heterocycles. The Bertz CT molecular complexity index is 225. The molecule has 108 valence electrons. The van der Waals surface area contributed by atoms with Gasteiger partial charge in [-0.1, -0.05) is 6.92 Å². The maximum atomic E-state index is 3.74. The first kappa shape index (κ1) is 16.3. The Morgan fingerprint density at radius 1 is 1.33 bits per heavy atom. The fourth-order valence-electron chi connectivity index (χ4n) is 2.53. The summed E-state index contributed by atoms with van der Waals surface area (Å²) in [4.78, 5) is 4.88. The van der Waals surface area contributed by atoms with E-state index in [-0.39, 0.29) is 0 Å². The van der Waals surface area contributed by atoms with Crippen LogP contribution in [-0.2, 0) is 0 Å². The van der Waals surface area contributed by atoms with Crippen molar-refractivity contribution in [1.82, 2.24) is 15.1 Å². The molecule has 0 aromatic rings. The summed E-state index contributed by atoms with van der Waals surface area (Å²) in [5, 5.41) is 3.74. The third-order valence-electron chi connectivity index (χ3n) is 4.22. The predicted molar refractivity (Wildman–Crippen MR) is 83.6 cm³/mol. The van der Waals surface area contributed by atoms with Gasteiger partial charge in [-0.25, -0.2) is 0 Å². The SMILES string of the molecule is CCSC[C@H](C)NCC1(N(C)C)CCN(C)CC1. The zero-order chi connectivity index (χ0) is 13.6. The number of hydrogen-bond donors (Lipinski definition) is 1. The highest BCUT2D eigenvalue weighted by atomic mass is 32.2. The maximum Gasteiger partial charge on any atom is 0.0352 e. The molecule has 18 heavy (non-hydrogen) atoms. The standard InChI is InChI=1S/C14H31N3S/c1-6-18-11-13(2)15-12-14(16(3)4)7-9-17(5)10-8-14/h13,15H,6-12H2,1-5H3/t13-/m0/s1. The molecule has 1 heterocycles. The van der Waals surface area contributed by atoms with Crippen LogP contribution < -0.4 is 5.32 Å². The number of rotatable bonds is 7. The molecule has 0 bridgehead atoms. The van der Waals surface area contributed by atoms with Crippen LogP contribution >= 0.6 is 11.8 Å². The lowest BCUT2D eigenvalue weighted by molar-refractivity contribution is 0.0645. The summed E-state index contributed by atoms with van der Waals surface area (Å²) in [6, 6.07) is 0.617. The van der Waals surface area contributed by atoms with Gasteiger partial charge in [-0.05, 0) is 59.8 Å². The summed E-state index contributed by atoms with van der Waals surface area (Å²) < 4.78 is 0. The second kappa shape index (κ2) is 7.73. The highest BCUT2D eigenvalue weighted by Gasteiger charge is 2.35. The first-order valence-corrected chi connectivity index (χ1v) is 8.33. The van der Waals surface area contributed by atoms with E-state index in [1.807, 2.05) is 11.8 Å². The molecule has 0 saturated carbocycles. The van der Waals surface area contributed by atoms with E-state index in [1.165, 1.54) is 37.4 Å². The van der Waals surface area contributed by atoms with Gasteiger partial charge in [0.25, 0.3) is 0 Å². The molecule has 1 saturated heterocycles. The number of likely N-dealkylation sites (tertiary alicyclic amines) is 1. The van der Waals surface area contributed by atoms with Crippen molar-refractivity contribution in [3.8, 4) is 0 Å². The Kier molecular flexibility index (Phi) is 6.99. The molecule has 1 aliphatic heterocycles. The number of nitrogens with one attached hydrogen (secondary N) is 1. The quantitative estimate of drug-likeness (QED) is 0.761. The van der Waals surface area contributed by atoms with Gasteiger partial charge in [0.1, 0.15) is 0 Å². The zero-order valence-corrected chi connectivity index (χ0v) is 13.6. The minimum Gasteiger partial charge on any atom is -0.312 e. The highest BCUT2D eigenvalue weighted by Crippen LogP contribution is 2.26. The minimum atomic E-state index is 0.359. The van der Waals surface area contributed by atoms with Gasteiger partial charge >= 0.3 is 0 Å². The van der Waals surface area contributed by atoms with Gasteiger partial charge in [0.2, 0.25) is 0 Å². The molecule has 0 spiro atoms. The molecule has 1 atom stereocenters. The fraction of sp³-hybridized carbons (Fsp3) is 1.00. The molecule has 0 aliphatic carbocycles. The van der Waals surface area contributed by atoms with Crippen LogP contribution in [0.25, 0.3) is 0 Å². The van der Waals surface area contributed by atoms with E-state index in [0.717, 1.165) is 6.54 Å². The summed E-state index contributed by atoms with van der Waals surface area (Å²) in [5.41, 5.74) is 0.359. The summed E-state index contributed by atoms with van der Waals surface area (Å²) in [6.07, 6.45) is 2.55. The number of likely N-dealkylation sites (N-methyl/N-ethyl adjacent to an activating group) is 1. The van der Waals surface area contributed by atoms with Crippen molar-refractivity contribution in [2.75, 3.05) is 52.3 Å². The van der Waals surface area contributed by atoms with Crippen LogP contribution in [0, 0.1) is 0 Å². The van der Waals surface area contributed by atoms with Gasteiger partial charge < -0.3 is 15.1 Å². The lowest BCUT2D eigenvalue weighted by Crippen LogP contribution is -2.58. The third-order valence-corrected chi connectivity index (χ3v) is 5.36. The molecule has 1 N–H and O–H groups in total. The van der Waals surface area contributed by atoms with E-state index in [4.69, 9.17) is 0 Å². The lowest BCUT2D eigenvalue weighted by atomic mass is 9.86. The lowest BCUT2D eigenvalue weighted by Gasteiger charge is -2.46. The minimum absolute atomic E-state index is 0.359. The fourth-order valence-corrected chi connectivity index (χ4v) is 3.24. The summed E-state index contributed by atoms with van der Waals surface area (Å²) in [6.45, 7) is 8.10. The van der Waals surface area contributed by atoms with Gasteiger partial charge in [0, 0.05) is 23.9 Å². The molecule has 1 rings (SSSR count). The Labute approximate surface area is 118 Å². The van der Waals surface area contributed by atoms with Crippen molar-refractivity contribution in [2.45, 2.75) is 38.3 Å². The third kappa shape index (κ3) is 4.72. The van der Waals surface area contributed by atoms with Crippen molar-refractivity contribution in [3.63, 3.8) is 0 Å². The van der Waals surface area contributed by atoms with Gasteiger partial charge in [-0.15, -0.1) is 0 Å². The van der Waals surface area contributed by atoms with E-state index < -0.39 is 0 Å². The molecule has 0 unspecified atom stereocenters. The Balaban J connectivity index is 2.43. The van der Waals surface area contributed by atoms with Crippen molar-refractivity contribution in [3.05, 3.63) is 0 Å². The van der Waals surface area contributed by atoms with Crippen LogP contribution in [0.3, 0.4) is 0 Å². The number of thioether (sulfide) groups is 1. The number of nitrogens with zero attached hydrogens (tertiary/aromatic N) is 2. The van der Waals surface area contributed by atoms with Crippen molar-refractivity contribution in [1.29, 1.82) is 0 Å². The molecular weight excluding hydrogens is 242 g/mol. The van der Waals surface area contributed by atoms with E-state index in [0.29, 0.717) is 11.6 Å². The van der Waals surface area contributed by atoms with E-state index in [9.17, 15) is 0 Å². The summed E-state index contributed by atoms with van der Waals surface area (Å²) in [7, 11) is 6.70. The average molecular weight is 273 g/mol. The second-order valence-corrected chi connectivity index (χ2v) is 7.18. The Morgan fingerprint density at radius 3 is 2.44 bits per heavy atom. The van der Waals surface area contributed by atoms with Crippen LogP contribution in [0.5, 0.6) is 0 Å². The van der Waals surface area contributed by atoms with Crippen molar-refractivity contribution >= 4 is 11.8 Å². The van der Waals surface area contributed by atoms with Crippen molar-refractivity contribution < 1.29 is 0 Å². The summed E-state index contributed by atoms with van der Waals surface area (Å²) in [5.74, 6) is 2.44. The largest absolute Gasteiger partial charge is 0.312 e. The first-order valence-electron chi connectivity index (χ1n) is 7.17. The van der Waals surface area contributed by atoms with E-state index in [1.54, 1.807) is 0 Å². The van der Waals surface area contributed by atoms with Crippen LogP contribution in [0.4, 0.5) is 0 Å². The first-order chi connectivity index (χ1) is 8.50. The smallest absolute Gasteiger partial charge is 0.0352 e. The predicted octanol–water partition coefficient (Wildman–Crippen LogP) is 1.74. The topological polar surface area (TPSA) is 18.5 Å². The number of piperidine rings is 1. The molecule has 0 aromatic carbocycles. The van der Waals surface area contributed by atoms with E-state index >= 15 is 0 Å².